The minimum Gasteiger partial charge on any atom is -0.354 e. The highest BCUT2D eigenvalue weighted by atomic mass is 16.2. The summed E-state index contributed by atoms with van der Waals surface area (Å²) in [5.74, 6) is -0.363. The van der Waals surface area contributed by atoms with E-state index in [2.05, 4.69) is 5.32 Å². The smallest absolute Gasteiger partial charge is 0.246 e. The third kappa shape index (κ3) is 3.52. The van der Waals surface area contributed by atoms with Crippen LogP contribution in [0.1, 0.15) is 18.4 Å². The first kappa shape index (κ1) is 15.5. The van der Waals surface area contributed by atoms with Crippen molar-refractivity contribution in [3.63, 3.8) is 0 Å². The van der Waals surface area contributed by atoms with Crippen molar-refractivity contribution in [2.24, 2.45) is 0 Å². The highest BCUT2D eigenvalue weighted by Crippen LogP contribution is 2.23. The van der Waals surface area contributed by atoms with E-state index in [0.717, 1.165) is 18.4 Å². The molecule has 0 spiro atoms. The fourth-order valence-electron chi connectivity index (χ4n) is 3.22. The lowest BCUT2D eigenvalue weighted by Crippen LogP contribution is -2.59. The maximum Gasteiger partial charge on any atom is 0.246 e. The van der Waals surface area contributed by atoms with Crippen molar-refractivity contribution in [3.05, 3.63) is 35.9 Å². The largest absolute Gasteiger partial charge is 0.354 e. The third-order valence-corrected chi connectivity index (χ3v) is 4.41. The van der Waals surface area contributed by atoms with Crippen LogP contribution in [0.3, 0.4) is 0 Å². The molecule has 1 atom stereocenters. The topological polar surface area (TPSA) is 69.7 Å². The van der Waals surface area contributed by atoms with Gasteiger partial charge < -0.3 is 15.1 Å². The summed E-state index contributed by atoms with van der Waals surface area (Å²) in [6.07, 6.45) is 2.31. The molecule has 6 heteroatoms. The Bertz CT molecular complexity index is 602. The van der Waals surface area contributed by atoms with Gasteiger partial charge in [-0.3, -0.25) is 14.4 Å². The van der Waals surface area contributed by atoms with Gasteiger partial charge in [0.15, 0.2) is 0 Å². The molecular formula is C17H21N3O3. The van der Waals surface area contributed by atoms with Crippen LogP contribution in [-0.4, -0.2) is 59.7 Å². The van der Waals surface area contributed by atoms with Crippen molar-refractivity contribution in [3.8, 4) is 0 Å². The number of carbonyl (C=O) groups is 3. The molecule has 1 aromatic carbocycles. The van der Waals surface area contributed by atoms with Gasteiger partial charge in [-0.25, -0.2) is 0 Å². The first-order chi connectivity index (χ1) is 11.1. The standard InChI is InChI=1S/C17H21N3O3/c21-15(18-9-8-13-5-2-1-3-6-13)11-19-12-16(22)20-10-4-7-14(20)17(19)23/h1-3,5-6,14H,4,7-12H2,(H,18,21). The minimum atomic E-state index is -0.353. The first-order valence-corrected chi connectivity index (χ1v) is 8.04. The molecule has 0 radical (unpaired) electrons. The Labute approximate surface area is 135 Å². The van der Waals surface area contributed by atoms with Gasteiger partial charge in [0.05, 0.1) is 0 Å². The highest BCUT2D eigenvalue weighted by molar-refractivity contribution is 5.97. The molecule has 0 bridgehead atoms. The van der Waals surface area contributed by atoms with Crippen LogP contribution < -0.4 is 5.32 Å². The molecule has 2 fully saturated rings. The Morgan fingerprint density at radius 1 is 1.22 bits per heavy atom. The first-order valence-electron chi connectivity index (χ1n) is 8.04. The number of carbonyl (C=O) groups excluding carboxylic acids is 3. The fourth-order valence-corrected chi connectivity index (χ4v) is 3.22. The quantitative estimate of drug-likeness (QED) is 0.842. The maximum absolute atomic E-state index is 12.3. The summed E-state index contributed by atoms with van der Waals surface area (Å²) >= 11 is 0. The predicted octanol–water partition coefficient (Wildman–Crippen LogP) is 0.179. The molecular weight excluding hydrogens is 294 g/mol. The van der Waals surface area contributed by atoms with Gasteiger partial charge in [0.25, 0.3) is 0 Å². The van der Waals surface area contributed by atoms with Gasteiger partial charge in [0.2, 0.25) is 17.7 Å². The Balaban J connectivity index is 1.48. The summed E-state index contributed by atoms with van der Waals surface area (Å²) in [6.45, 7) is 1.16. The van der Waals surface area contributed by atoms with E-state index in [1.54, 1.807) is 4.90 Å². The van der Waals surface area contributed by atoms with Crippen LogP contribution in [0.15, 0.2) is 30.3 Å². The zero-order valence-electron chi connectivity index (χ0n) is 13.0. The minimum absolute atomic E-state index is 0.0153. The lowest BCUT2D eigenvalue weighted by molar-refractivity contribution is -0.154. The number of nitrogens with one attached hydrogen (secondary N) is 1. The molecule has 122 valence electrons. The van der Waals surface area contributed by atoms with Crippen molar-refractivity contribution >= 4 is 17.7 Å². The van der Waals surface area contributed by atoms with Gasteiger partial charge >= 0.3 is 0 Å². The van der Waals surface area contributed by atoms with Crippen molar-refractivity contribution in [1.82, 2.24) is 15.1 Å². The second-order valence-electron chi connectivity index (χ2n) is 6.03. The molecule has 3 rings (SSSR count). The van der Waals surface area contributed by atoms with Crippen LogP contribution in [0.2, 0.25) is 0 Å². The molecule has 0 aliphatic carbocycles. The lowest BCUT2D eigenvalue weighted by Gasteiger charge is -2.35. The molecule has 6 nitrogen and oxygen atoms in total. The van der Waals surface area contributed by atoms with Gasteiger partial charge in [0, 0.05) is 13.1 Å². The predicted molar refractivity (Wildman–Crippen MR) is 84.5 cm³/mol. The summed E-state index contributed by atoms with van der Waals surface area (Å²) in [7, 11) is 0. The number of rotatable bonds is 5. The number of piperazine rings is 1. The van der Waals surface area contributed by atoms with Gasteiger partial charge in [-0.2, -0.15) is 0 Å². The fraction of sp³-hybridized carbons (Fsp3) is 0.471. The van der Waals surface area contributed by atoms with E-state index in [-0.39, 0.29) is 36.9 Å². The molecule has 2 aliphatic heterocycles. The van der Waals surface area contributed by atoms with Gasteiger partial charge in [0.1, 0.15) is 19.1 Å². The van der Waals surface area contributed by atoms with E-state index in [0.29, 0.717) is 19.5 Å². The zero-order chi connectivity index (χ0) is 16.2. The van der Waals surface area contributed by atoms with Crippen LogP contribution in [0.4, 0.5) is 0 Å². The maximum atomic E-state index is 12.3. The Kier molecular flexibility index (Phi) is 4.60. The number of hydrogen-bond donors (Lipinski definition) is 1. The SMILES string of the molecule is O=C(CN1CC(=O)N2CCCC2C1=O)NCCc1ccccc1. The summed E-state index contributed by atoms with van der Waals surface area (Å²) in [5.41, 5.74) is 1.15. The van der Waals surface area contributed by atoms with Gasteiger partial charge in [-0.15, -0.1) is 0 Å². The highest BCUT2D eigenvalue weighted by Gasteiger charge is 2.42. The second kappa shape index (κ2) is 6.81. The molecule has 2 heterocycles. The van der Waals surface area contributed by atoms with Crippen molar-refractivity contribution in [2.75, 3.05) is 26.2 Å². The third-order valence-electron chi connectivity index (χ3n) is 4.41. The number of hydrogen-bond acceptors (Lipinski definition) is 3. The van der Waals surface area contributed by atoms with Crippen LogP contribution in [0.25, 0.3) is 0 Å². The monoisotopic (exact) mass is 315 g/mol. The van der Waals surface area contributed by atoms with E-state index in [9.17, 15) is 14.4 Å². The van der Waals surface area contributed by atoms with Crippen molar-refractivity contribution in [1.29, 1.82) is 0 Å². The molecule has 2 aliphatic rings. The molecule has 1 unspecified atom stereocenters. The number of nitrogens with zero attached hydrogens (tertiary/aromatic N) is 2. The second-order valence-corrected chi connectivity index (χ2v) is 6.03. The molecule has 23 heavy (non-hydrogen) atoms. The van der Waals surface area contributed by atoms with Gasteiger partial charge in [-0.1, -0.05) is 30.3 Å². The molecule has 1 aromatic rings. The van der Waals surface area contributed by atoms with E-state index in [4.69, 9.17) is 0 Å². The summed E-state index contributed by atoms with van der Waals surface area (Å²) in [6, 6.07) is 9.54. The molecule has 3 amide bonds. The molecule has 0 aromatic heterocycles. The number of amides is 3. The van der Waals surface area contributed by atoms with Crippen molar-refractivity contribution in [2.45, 2.75) is 25.3 Å². The Morgan fingerprint density at radius 3 is 2.78 bits per heavy atom. The average Bonchev–Trinajstić information content (AvgIpc) is 3.04. The Morgan fingerprint density at radius 2 is 2.00 bits per heavy atom. The lowest BCUT2D eigenvalue weighted by atomic mass is 10.1. The van der Waals surface area contributed by atoms with E-state index in [1.165, 1.54) is 4.90 Å². The van der Waals surface area contributed by atoms with E-state index < -0.39 is 0 Å². The number of benzene rings is 1. The van der Waals surface area contributed by atoms with Crippen LogP contribution in [-0.2, 0) is 20.8 Å². The van der Waals surface area contributed by atoms with Crippen LogP contribution in [0, 0.1) is 0 Å². The summed E-state index contributed by atoms with van der Waals surface area (Å²) in [5, 5.41) is 2.82. The van der Waals surface area contributed by atoms with Gasteiger partial charge in [-0.05, 0) is 24.8 Å². The average molecular weight is 315 g/mol. The zero-order valence-corrected chi connectivity index (χ0v) is 13.0. The summed E-state index contributed by atoms with van der Waals surface area (Å²) in [4.78, 5) is 39.4. The van der Waals surface area contributed by atoms with Crippen LogP contribution >= 0.6 is 0 Å². The molecule has 2 saturated heterocycles. The summed E-state index contributed by atoms with van der Waals surface area (Å²) < 4.78 is 0. The normalized spacial score (nSPS) is 20.6. The number of fused-ring (bicyclic) bond motifs is 1. The van der Waals surface area contributed by atoms with E-state index in [1.807, 2.05) is 30.3 Å². The molecule has 1 N–H and O–H groups in total. The molecule has 0 saturated carbocycles. The van der Waals surface area contributed by atoms with Crippen molar-refractivity contribution < 1.29 is 14.4 Å². The Hall–Kier alpha value is -2.37. The van der Waals surface area contributed by atoms with E-state index >= 15 is 0 Å². The van der Waals surface area contributed by atoms with Crippen LogP contribution in [0.5, 0.6) is 0 Å².